The van der Waals surface area contributed by atoms with Crippen LogP contribution in [-0.4, -0.2) is 67.1 Å². The van der Waals surface area contributed by atoms with Gasteiger partial charge < -0.3 is 31.2 Å². The van der Waals surface area contributed by atoms with Crippen molar-refractivity contribution in [2.75, 3.05) is 19.6 Å². The number of amides is 3. The van der Waals surface area contributed by atoms with Crippen LogP contribution in [-0.2, 0) is 19.1 Å². The van der Waals surface area contributed by atoms with E-state index in [-0.39, 0.29) is 0 Å². The fourth-order valence-electron chi connectivity index (χ4n) is 2.22. The molecular formula is C20H37N5O6. The number of primary amides is 1. The van der Waals surface area contributed by atoms with E-state index >= 15 is 0 Å². The lowest BCUT2D eigenvalue weighted by atomic mass is 10.2. The second-order valence-electron chi connectivity index (χ2n) is 9.02. The predicted molar refractivity (Wildman–Crippen MR) is 116 cm³/mol. The molecule has 31 heavy (non-hydrogen) atoms. The molecule has 0 aliphatic carbocycles. The molecule has 0 fully saturated rings. The van der Waals surface area contributed by atoms with Crippen LogP contribution >= 0.6 is 0 Å². The molecule has 0 aromatic heterocycles. The molecule has 0 radical (unpaired) electrons. The summed E-state index contributed by atoms with van der Waals surface area (Å²) in [6.07, 6.45) is -2.09. The van der Waals surface area contributed by atoms with Crippen molar-refractivity contribution in [1.29, 1.82) is 0 Å². The Bertz CT molecular complexity index is 662. The fourth-order valence-corrected chi connectivity index (χ4v) is 2.22. The van der Waals surface area contributed by atoms with Gasteiger partial charge in [-0.3, -0.25) is 10.1 Å². The van der Waals surface area contributed by atoms with Crippen LogP contribution in [0.15, 0.2) is 5.57 Å². The number of rotatable bonds is 11. The summed E-state index contributed by atoms with van der Waals surface area (Å²) in [7, 11) is 0. The van der Waals surface area contributed by atoms with Crippen molar-refractivity contribution in [2.45, 2.75) is 78.3 Å². The Labute approximate surface area is 183 Å². The molecule has 2 unspecified atom stereocenters. The minimum atomic E-state index is -1.30. The highest BCUT2D eigenvalue weighted by atomic mass is 16.6. The van der Waals surface area contributed by atoms with Gasteiger partial charge in [0.2, 0.25) is 5.91 Å². The molecule has 3 amide bonds. The van der Waals surface area contributed by atoms with E-state index in [4.69, 9.17) is 15.2 Å². The summed E-state index contributed by atoms with van der Waals surface area (Å²) in [5.74, 6) is 0.928. The highest BCUT2D eigenvalue weighted by Crippen LogP contribution is 2.09. The lowest BCUT2D eigenvalue weighted by Crippen LogP contribution is -2.64. The van der Waals surface area contributed by atoms with Crippen molar-refractivity contribution >= 4 is 24.0 Å². The van der Waals surface area contributed by atoms with E-state index in [1.165, 1.54) is 0 Å². The van der Waals surface area contributed by atoms with Gasteiger partial charge in [-0.15, -0.1) is 0 Å². The van der Waals surface area contributed by atoms with Crippen molar-refractivity contribution in [3.05, 3.63) is 5.57 Å². The monoisotopic (exact) mass is 443 g/mol. The molecule has 0 rings (SSSR count). The number of nitrogens with two attached hydrogens (primary N) is 1. The van der Waals surface area contributed by atoms with Gasteiger partial charge in [-0.05, 0) is 68.0 Å². The number of nitrogens with one attached hydrogen (secondary N) is 4. The molecule has 6 N–H and O–H groups in total. The molecule has 2 atom stereocenters. The fraction of sp³-hybridized carbons (Fsp3) is 0.750. The van der Waals surface area contributed by atoms with Crippen molar-refractivity contribution in [2.24, 2.45) is 5.73 Å². The Kier molecular flexibility index (Phi) is 11.8. The van der Waals surface area contributed by atoms with E-state index in [2.05, 4.69) is 21.3 Å². The summed E-state index contributed by atoms with van der Waals surface area (Å²) < 4.78 is 10.4. The second-order valence-corrected chi connectivity index (χ2v) is 9.02. The Balaban J connectivity index is 5.13. The Morgan fingerprint density at radius 2 is 1.45 bits per heavy atom. The van der Waals surface area contributed by atoms with Gasteiger partial charge in [0.1, 0.15) is 29.4 Å². The van der Waals surface area contributed by atoms with Crippen LogP contribution in [0.1, 0.15) is 54.9 Å². The van der Waals surface area contributed by atoms with Crippen LogP contribution in [0.5, 0.6) is 0 Å². The maximum absolute atomic E-state index is 12.2. The smallest absolute Gasteiger partial charge is 0.408 e. The van der Waals surface area contributed by atoms with E-state index in [0.717, 1.165) is 0 Å². The van der Waals surface area contributed by atoms with E-state index in [1.807, 2.05) is 0 Å². The summed E-state index contributed by atoms with van der Waals surface area (Å²) in [6, 6.07) is -1.30. The van der Waals surface area contributed by atoms with Crippen LogP contribution in [0.4, 0.5) is 9.59 Å². The normalized spacial score (nSPS) is 13.4. The Morgan fingerprint density at radius 1 is 0.935 bits per heavy atom. The first-order chi connectivity index (χ1) is 14.1. The molecule has 0 aromatic carbocycles. The molecule has 11 heteroatoms. The van der Waals surface area contributed by atoms with Crippen LogP contribution < -0.4 is 27.0 Å². The average molecular weight is 444 g/mol. The van der Waals surface area contributed by atoms with Gasteiger partial charge in [-0.25, -0.2) is 14.4 Å². The molecule has 0 aliphatic heterocycles. The van der Waals surface area contributed by atoms with Crippen molar-refractivity contribution in [3.8, 4) is 0 Å². The van der Waals surface area contributed by atoms with Crippen LogP contribution in [0.3, 0.4) is 0 Å². The summed E-state index contributed by atoms with van der Waals surface area (Å²) in [5, 5.41) is 10.9. The van der Waals surface area contributed by atoms with Crippen molar-refractivity contribution < 1.29 is 28.7 Å². The summed E-state index contributed by atoms with van der Waals surface area (Å²) in [6.45, 7) is 13.1. The minimum Gasteiger partial charge on any atom is -0.444 e. The SMILES string of the molecule is CC(=C=O)CNCCCNC(NC(=O)OC(C)(C)C)C(NC(=O)OC(C)(C)C)C(N)=O. The number of carbonyl (C=O) groups excluding carboxylic acids is 4. The molecule has 0 aromatic rings. The number of hydrogen-bond donors (Lipinski definition) is 5. The zero-order valence-electron chi connectivity index (χ0n) is 19.5. The van der Waals surface area contributed by atoms with Gasteiger partial charge >= 0.3 is 12.2 Å². The average Bonchev–Trinajstić information content (AvgIpc) is 2.58. The Morgan fingerprint density at radius 3 is 1.90 bits per heavy atom. The molecule has 0 saturated heterocycles. The molecule has 11 nitrogen and oxygen atoms in total. The first-order valence-electron chi connectivity index (χ1n) is 10.1. The third-order valence-corrected chi connectivity index (χ3v) is 3.44. The van der Waals surface area contributed by atoms with Crippen molar-refractivity contribution in [1.82, 2.24) is 21.3 Å². The van der Waals surface area contributed by atoms with Crippen LogP contribution in [0.25, 0.3) is 0 Å². The number of alkyl carbamates (subject to hydrolysis) is 2. The highest BCUT2D eigenvalue weighted by molar-refractivity contribution is 5.85. The quantitative estimate of drug-likeness (QED) is 0.176. The topological polar surface area (TPSA) is 161 Å². The van der Waals surface area contributed by atoms with Gasteiger partial charge in [0.25, 0.3) is 0 Å². The van der Waals surface area contributed by atoms with Gasteiger partial charge in [0.05, 0.1) is 0 Å². The molecule has 0 bridgehead atoms. The molecule has 0 heterocycles. The Hall–Kier alpha value is -2.62. The second kappa shape index (κ2) is 12.9. The lowest BCUT2D eigenvalue weighted by molar-refractivity contribution is -0.121. The third-order valence-electron chi connectivity index (χ3n) is 3.44. The standard InChI is InChI=1S/C20H37N5O6/c1-13(12-26)11-22-9-8-10-23-16(25-18(29)31-20(5,6)7)14(15(21)27)24-17(28)30-19(2,3)4/h14,16,22-23H,8-11H2,1-7H3,(H2,21,27)(H,24,28)(H,25,29). The zero-order chi connectivity index (χ0) is 24.2. The molecule has 0 saturated carbocycles. The first kappa shape index (κ1) is 28.4. The largest absolute Gasteiger partial charge is 0.444 e. The third kappa shape index (κ3) is 14.9. The maximum Gasteiger partial charge on any atom is 0.408 e. The van der Waals surface area contributed by atoms with E-state index < -0.39 is 41.5 Å². The minimum absolute atomic E-state index is 0.358. The first-order valence-corrected chi connectivity index (χ1v) is 10.1. The molecule has 0 aliphatic rings. The predicted octanol–water partition coefficient (Wildman–Crippen LogP) is 0.563. The lowest BCUT2D eigenvalue weighted by Gasteiger charge is -2.30. The van der Waals surface area contributed by atoms with E-state index in [0.29, 0.717) is 31.6 Å². The summed E-state index contributed by atoms with van der Waals surface area (Å²) >= 11 is 0. The van der Waals surface area contributed by atoms with Crippen LogP contribution in [0.2, 0.25) is 0 Å². The van der Waals surface area contributed by atoms with Gasteiger partial charge in [0.15, 0.2) is 0 Å². The van der Waals surface area contributed by atoms with E-state index in [9.17, 15) is 19.2 Å². The van der Waals surface area contributed by atoms with Gasteiger partial charge in [-0.2, -0.15) is 0 Å². The molecule has 178 valence electrons. The zero-order valence-corrected chi connectivity index (χ0v) is 19.5. The molecular weight excluding hydrogens is 406 g/mol. The summed E-state index contributed by atoms with van der Waals surface area (Å²) in [5.41, 5.74) is 4.46. The molecule has 0 spiro atoms. The highest BCUT2D eigenvalue weighted by Gasteiger charge is 2.32. The van der Waals surface area contributed by atoms with E-state index in [1.54, 1.807) is 54.4 Å². The van der Waals surface area contributed by atoms with Gasteiger partial charge in [-0.1, -0.05) is 0 Å². The van der Waals surface area contributed by atoms with Crippen LogP contribution in [0, 0.1) is 0 Å². The number of ether oxygens (including phenoxy) is 2. The number of hydrogen-bond acceptors (Lipinski definition) is 8. The maximum atomic E-state index is 12.2. The van der Waals surface area contributed by atoms with Crippen molar-refractivity contribution in [3.63, 3.8) is 0 Å². The van der Waals surface area contributed by atoms with Gasteiger partial charge in [0, 0.05) is 12.1 Å². The summed E-state index contributed by atoms with van der Waals surface area (Å²) in [4.78, 5) is 46.9. The number of carbonyl (C=O) groups is 3.